The Balaban J connectivity index is 1.70. The van der Waals surface area contributed by atoms with E-state index in [9.17, 15) is 4.79 Å². The van der Waals surface area contributed by atoms with Crippen molar-refractivity contribution in [1.29, 1.82) is 0 Å². The van der Waals surface area contributed by atoms with Crippen LogP contribution in [0.15, 0.2) is 30.6 Å². The number of anilines is 1. The van der Waals surface area contributed by atoms with Gasteiger partial charge in [0, 0.05) is 5.69 Å². The van der Waals surface area contributed by atoms with Crippen molar-refractivity contribution < 1.29 is 4.79 Å². The van der Waals surface area contributed by atoms with Crippen LogP contribution in [0.2, 0.25) is 0 Å². The van der Waals surface area contributed by atoms with Crippen LogP contribution in [0, 0.1) is 0 Å². The summed E-state index contributed by atoms with van der Waals surface area (Å²) in [5.41, 5.74) is 1.58. The molecule has 2 heterocycles. The molecule has 1 aromatic heterocycles. The fraction of sp³-hybridized carbons (Fsp3) is 0.467. The minimum atomic E-state index is -0.0170. The van der Waals surface area contributed by atoms with Gasteiger partial charge in [-0.15, -0.1) is 5.10 Å². The number of carbonyl (C=O) groups excluding carboxylic acids is 1. The van der Waals surface area contributed by atoms with Gasteiger partial charge in [-0.25, -0.2) is 4.68 Å². The fourth-order valence-electron chi connectivity index (χ4n) is 2.91. The number of hydrogen-bond donors (Lipinski definition) is 1. The summed E-state index contributed by atoms with van der Waals surface area (Å²) in [6.07, 6.45) is 4.61. The third kappa shape index (κ3) is 3.14. The van der Waals surface area contributed by atoms with Crippen LogP contribution >= 0.6 is 0 Å². The molecular weight excluding hydrogens is 280 g/mol. The number of benzene rings is 1. The minimum Gasteiger partial charge on any atom is -0.325 e. The van der Waals surface area contributed by atoms with Crippen molar-refractivity contribution in [2.24, 2.45) is 0 Å². The summed E-state index contributed by atoms with van der Waals surface area (Å²) in [7, 11) is 0. The highest BCUT2D eigenvalue weighted by Gasteiger charge is 2.29. The molecule has 7 nitrogen and oxygen atoms in total. The Labute approximate surface area is 129 Å². The first-order valence-corrected chi connectivity index (χ1v) is 7.66. The molecule has 7 heteroatoms. The van der Waals surface area contributed by atoms with Crippen LogP contribution in [0.3, 0.4) is 0 Å². The lowest BCUT2D eigenvalue weighted by atomic mass is 10.2. The average molecular weight is 300 g/mol. The van der Waals surface area contributed by atoms with E-state index >= 15 is 0 Å². The lowest BCUT2D eigenvalue weighted by molar-refractivity contribution is -0.120. The normalized spacial score (nSPS) is 18.5. The number of nitrogens with zero attached hydrogens (tertiary/aromatic N) is 5. The van der Waals surface area contributed by atoms with Crippen molar-refractivity contribution in [1.82, 2.24) is 25.1 Å². The molecule has 22 heavy (non-hydrogen) atoms. The zero-order valence-corrected chi connectivity index (χ0v) is 12.6. The Bertz CT molecular complexity index is 627. The molecule has 1 aliphatic rings. The van der Waals surface area contributed by atoms with E-state index in [0.717, 1.165) is 43.7 Å². The summed E-state index contributed by atoms with van der Waals surface area (Å²) in [6, 6.07) is 7.51. The van der Waals surface area contributed by atoms with Gasteiger partial charge in [0.05, 0.1) is 11.7 Å². The SMILES string of the molecule is CCCN1CCCC1C(=O)Nc1cccc(-n2cnnn2)c1. The van der Waals surface area contributed by atoms with Crippen LogP contribution in [-0.2, 0) is 4.79 Å². The Morgan fingerprint density at radius 3 is 3.14 bits per heavy atom. The van der Waals surface area contributed by atoms with Gasteiger partial charge < -0.3 is 5.32 Å². The number of aromatic nitrogens is 4. The van der Waals surface area contributed by atoms with Crippen LogP contribution in [0.25, 0.3) is 5.69 Å². The van der Waals surface area contributed by atoms with E-state index in [1.807, 2.05) is 24.3 Å². The number of carbonyl (C=O) groups is 1. The molecule has 0 spiro atoms. The second-order valence-electron chi connectivity index (χ2n) is 5.49. The van der Waals surface area contributed by atoms with E-state index in [0.29, 0.717) is 0 Å². The van der Waals surface area contributed by atoms with Gasteiger partial charge in [-0.1, -0.05) is 13.0 Å². The van der Waals surface area contributed by atoms with Crippen molar-refractivity contribution in [3.63, 3.8) is 0 Å². The Hall–Kier alpha value is -2.28. The second-order valence-corrected chi connectivity index (χ2v) is 5.49. The number of amides is 1. The molecule has 1 saturated heterocycles. The Morgan fingerprint density at radius 1 is 1.45 bits per heavy atom. The van der Waals surface area contributed by atoms with Crippen molar-refractivity contribution >= 4 is 11.6 Å². The molecule has 0 bridgehead atoms. The number of tetrazole rings is 1. The van der Waals surface area contributed by atoms with Gasteiger partial charge >= 0.3 is 0 Å². The predicted octanol–water partition coefficient (Wildman–Crippen LogP) is 1.48. The number of rotatable bonds is 5. The van der Waals surface area contributed by atoms with E-state index in [-0.39, 0.29) is 11.9 Å². The molecule has 1 unspecified atom stereocenters. The highest BCUT2D eigenvalue weighted by molar-refractivity contribution is 5.95. The van der Waals surface area contributed by atoms with Gasteiger partial charge in [0.1, 0.15) is 6.33 Å². The lowest BCUT2D eigenvalue weighted by Crippen LogP contribution is -2.39. The molecular formula is C15H20N6O. The van der Waals surface area contributed by atoms with Gasteiger partial charge in [0.15, 0.2) is 0 Å². The summed E-state index contributed by atoms with van der Waals surface area (Å²) in [6.45, 7) is 4.13. The molecule has 2 aromatic rings. The van der Waals surface area contributed by atoms with Crippen LogP contribution in [-0.4, -0.2) is 50.1 Å². The number of hydrogen-bond acceptors (Lipinski definition) is 5. The summed E-state index contributed by atoms with van der Waals surface area (Å²) in [5, 5.41) is 14.1. The monoisotopic (exact) mass is 300 g/mol. The third-order valence-corrected chi connectivity index (χ3v) is 3.90. The summed E-state index contributed by atoms with van der Waals surface area (Å²) >= 11 is 0. The standard InChI is InChI=1S/C15H20N6O/c1-2-8-20-9-4-7-14(20)15(22)17-12-5-3-6-13(10-12)21-11-16-18-19-21/h3,5-6,10-11,14H,2,4,7-9H2,1H3,(H,17,22). The van der Waals surface area contributed by atoms with Crippen molar-refractivity contribution in [3.05, 3.63) is 30.6 Å². The highest BCUT2D eigenvalue weighted by atomic mass is 16.2. The van der Waals surface area contributed by atoms with Crippen molar-refractivity contribution in [2.75, 3.05) is 18.4 Å². The van der Waals surface area contributed by atoms with Crippen LogP contribution < -0.4 is 5.32 Å². The molecule has 1 atom stereocenters. The maximum absolute atomic E-state index is 12.5. The molecule has 1 aromatic carbocycles. The predicted molar refractivity (Wildman–Crippen MR) is 82.7 cm³/mol. The first kappa shape index (κ1) is 14.6. The molecule has 1 N–H and O–H groups in total. The van der Waals surface area contributed by atoms with Gasteiger partial charge in [-0.2, -0.15) is 0 Å². The maximum Gasteiger partial charge on any atom is 0.241 e. The average Bonchev–Trinajstić information content (AvgIpc) is 3.19. The number of nitrogens with one attached hydrogen (secondary N) is 1. The zero-order valence-electron chi connectivity index (χ0n) is 12.6. The van der Waals surface area contributed by atoms with Gasteiger partial charge in [-0.05, 0) is 61.0 Å². The third-order valence-electron chi connectivity index (χ3n) is 3.90. The smallest absolute Gasteiger partial charge is 0.241 e. The first-order valence-electron chi connectivity index (χ1n) is 7.66. The summed E-state index contributed by atoms with van der Waals surface area (Å²) in [4.78, 5) is 14.8. The molecule has 0 aliphatic carbocycles. The second kappa shape index (κ2) is 6.65. The van der Waals surface area contributed by atoms with Gasteiger partial charge in [-0.3, -0.25) is 9.69 Å². The van der Waals surface area contributed by atoms with E-state index in [1.165, 1.54) is 6.33 Å². The van der Waals surface area contributed by atoms with E-state index < -0.39 is 0 Å². The van der Waals surface area contributed by atoms with Crippen molar-refractivity contribution in [3.8, 4) is 5.69 Å². The largest absolute Gasteiger partial charge is 0.325 e. The minimum absolute atomic E-state index is 0.0170. The molecule has 116 valence electrons. The summed E-state index contributed by atoms with van der Waals surface area (Å²) in [5.74, 6) is 0.0693. The Morgan fingerprint density at radius 2 is 2.36 bits per heavy atom. The van der Waals surface area contributed by atoms with Crippen LogP contribution in [0.1, 0.15) is 26.2 Å². The van der Waals surface area contributed by atoms with Crippen molar-refractivity contribution in [2.45, 2.75) is 32.2 Å². The van der Waals surface area contributed by atoms with Crippen LogP contribution in [0.5, 0.6) is 0 Å². The molecule has 1 amide bonds. The zero-order chi connectivity index (χ0) is 15.4. The fourth-order valence-corrected chi connectivity index (χ4v) is 2.91. The number of likely N-dealkylation sites (tertiary alicyclic amines) is 1. The molecule has 1 fully saturated rings. The lowest BCUT2D eigenvalue weighted by Gasteiger charge is -2.23. The Kier molecular flexibility index (Phi) is 4.43. The van der Waals surface area contributed by atoms with Gasteiger partial charge in [0.25, 0.3) is 0 Å². The van der Waals surface area contributed by atoms with E-state index in [4.69, 9.17) is 0 Å². The maximum atomic E-state index is 12.5. The van der Waals surface area contributed by atoms with Gasteiger partial charge in [0.2, 0.25) is 5.91 Å². The quantitative estimate of drug-likeness (QED) is 0.905. The molecule has 0 saturated carbocycles. The topological polar surface area (TPSA) is 75.9 Å². The van der Waals surface area contributed by atoms with Crippen LogP contribution in [0.4, 0.5) is 5.69 Å². The van der Waals surface area contributed by atoms with E-state index in [1.54, 1.807) is 4.68 Å². The first-order chi connectivity index (χ1) is 10.8. The summed E-state index contributed by atoms with van der Waals surface area (Å²) < 4.78 is 1.56. The van der Waals surface area contributed by atoms with E-state index in [2.05, 4.69) is 32.7 Å². The molecule has 3 rings (SSSR count). The molecule has 1 aliphatic heterocycles. The molecule has 0 radical (unpaired) electrons. The highest BCUT2D eigenvalue weighted by Crippen LogP contribution is 2.20.